The molecule has 0 aliphatic rings. The van der Waals surface area contributed by atoms with E-state index in [1.54, 1.807) is 18.3 Å². The molecule has 9 nitrogen and oxygen atoms in total. The van der Waals surface area contributed by atoms with Gasteiger partial charge < -0.3 is 29.7 Å². The third-order valence-electron chi connectivity index (χ3n) is 5.30. The van der Waals surface area contributed by atoms with Crippen molar-refractivity contribution < 1.29 is 14.9 Å². The molecule has 3 N–H and O–H groups in total. The number of benzene rings is 1. The van der Waals surface area contributed by atoms with Gasteiger partial charge in [-0.25, -0.2) is 4.98 Å². The molecule has 3 rings (SSSR count). The van der Waals surface area contributed by atoms with Crippen LogP contribution in [0, 0.1) is 5.92 Å². The van der Waals surface area contributed by atoms with Gasteiger partial charge in [-0.15, -0.1) is 0 Å². The Bertz CT molecular complexity index is 954. The summed E-state index contributed by atoms with van der Waals surface area (Å²) in [4.78, 5) is 15.8. The van der Waals surface area contributed by atoms with Crippen molar-refractivity contribution in [1.82, 2.24) is 19.5 Å². The van der Waals surface area contributed by atoms with Gasteiger partial charge in [-0.1, -0.05) is 32.4 Å². The SMILES string of the molecule is CCC(C)Cn1cnc2c(NCc3ccc(OC)cc3)nc(N(CCO)CCO)nc21. The predicted molar refractivity (Wildman–Crippen MR) is 121 cm³/mol. The highest BCUT2D eigenvalue weighted by molar-refractivity contribution is 5.84. The fourth-order valence-corrected chi connectivity index (χ4v) is 3.28. The van der Waals surface area contributed by atoms with Gasteiger partial charge in [0.05, 0.1) is 26.7 Å². The van der Waals surface area contributed by atoms with E-state index < -0.39 is 0 Å². The van der Waals surface area contributed by atoms with Crippen molar-refractivity contribution >= 4 is 22.9 Å². The smallest absolute Gasteiger partial charge is 0.229 e. The molecule has 3 aromatic rings. The predicted octanol–water partition coefficient (Wildman–Crippen LogP) is 2.28. The summed E-state index contributed by atoms with van der Waals surface area (Å²) in [6.07, 6.45) is 2.86. The monoisotopic (exact) mass is 428 g/mol. The molecule has 0 saturated heterocycles. The standard InChI is InChI=1S/C22H32N6O3/c1-4-16(2)14-28-15-24-19-20(23-13-17-5-7-18(31-3)8-6-17)25-22(26-21(19)28)27(9-11-29)10-12-30/h5-8,15-16,29-30H,4,9-14H2,1-3H3,(H,23,25,26). The second-order valence-electron chi connectivity index (χ2n) is 7.59. The second kappa shape index (κ2) is 10.9. The Hall–Kier alpha value is -2.91. The van der Waals surface area contributed by atoms with Crippen molar-refractivity contribution in [3.05, 3.63) is 36.2 Å². The van der Waals surface area contributed by atoms with E-state index in [0.717, 1.165) is 29.9 Å². The highest BCUT2D eigenvalue weighted by Crippen LogP contribution is 2.24. The number of nitrogens with zero attached hydrogens (tertiary/aromatic N) is 5. The van der Waals surface area contributed by atoms with E-state index in [4.69, 9.17) is 9.72 Å². The zero-order valence-electron chi connectivity index (χ0n) is 18.5. The van der Waals surface area contributed by atoms with E-state index in [9.17, 15) is 10.2 Å². The van der Waals surface area contributed by atoms with Crippen LogP contribution in [0.15, 0.2) is 30.6 Å². The van der Waals surface area contributed by atoms with Crippen LogP contribution in [0.4, 0.5) is 11.8 Å². The number of hydrogen-bond acceptors (Lipinski definition) is 8. The zero-order chi connectivity index (χ0) is 22.2. The number of aromatic nitrogens is 4. The lowest BCUT2D eigenvalue weighted by molar-refractivity contribution is 0.280. The molecule has 0 fully saturated rings. The number of fused-ring (bicyclic) bond motifs is 1. The van der Waals surface area contributed by atoms with Crippen LogP contribution < -0.4 is 15.0 Å². The van der Waals surface area contributed by atoms with E-state index in [-0.39, 0.29) is 13.2 Å². The van der Waals surface area contributed by atoms with Gasteiger partial charge in [-0.2, -0.15) is 9.97 Å². The minimum Gasteiger partial charge on any atom is -0.497 e. The molecule has 1 atom stereocenters. The van der Waals surface area contributed by atoms with Crippen molar-refractivity contribution in [3.8, 4) is 5.75 Å². The van der Waals surface area contributed by atoms with Gasteiger partial charge in [0, 0.05) is 26.2 Å². The Morgan fingerprint density at radius 1 is 1.13 bits per heavy atom. The molecule has 9 heteroatoms. The molecule has 168 valence electrons. The first-order valence-electron chi connectivity index (χ1n) is 10.7. The van der Waals surface area contributed by atoms with E-state index in [1.807, 2.05) is 28.8 Å². The Morgan fingerprint density at radius 3 is 2.45 bits per heavy atom. The number of aliphatic hydroxyl groups is 2. The summed E-state index contributed by atoms with van der Waals surface area (Å²) < 4.78 is 7.27. The third kappa shape index (κ3) is 5.62. The highest BCUT2D eigenvalue weighted by atomic mass is 16.5. The molecule has 0 bridgehead atoms. The summed E-state index contributed by atoms with van der Waals surface area (Å²) in [5, 5.41) is 22.3. The molecular formula is C22H32N6O3. The molecule has 2 aromatic heterocycles. The molecule has 2 heterocycles. The Morgan fingerprint density at radius 2 is 1.84 bits per heavy atom. The normalized spacial score (nSPS) is 12.2. The Labute approximate surface area is 182 Å². The fourth-order valence-electron chi connectivity index (χ4n) is 3.28. The average Bonchev–Trinajstić information content (AvgIpc) is 3.20. The third-order valence-corrected chi connectivity index (χ3v) is 5.30. The molecule has 0 saturated carbocycles. The second-order valence-corrected chi connectivity index (χ2v) is 7.59. The van der Waals surface area contributed by atoms with Gasteiger partial charge >= 0.3 is 0 Å². The molecule has 31 heavy (non-hydrogen) atoms. The van der Waals surface area contributed by atoms with Gasteiger partial charge in [-0.3, -0.25) is 0 Å². The summed E-state index contributed by atoms with van der Waals surface area (Å²) in [6.45, 7) is 6.29. The molecule has 0 aliphatic carbocycles. The Kier molecular flexibility index (Phi) is 8.02. The quantitative estimate of drug-likeness (QED) is 0.403. The number of rotatable bonds is 12. The molecule has 0 spiro atoms. The van der Waals surface area contributed by atoms with E-state index in [0.29, 0.717) is 42.8 Å². The van der Waals surface area contributed by atoms with Crippen LogP contribution in [0.2, 0.25) is 0 Å². The topological polar surface area (TPSA) is 109 Å². The van der Waals surface area contributed by atoms with Crippen molar-refractivity contribution in [2.75, 3.05) is 43.6 Å². The van der Waals surface area contributed by atoms with Crippen molar-refractivity contribution in [2.45, 2.75) is 33.4 Å². The number of imidazole rings is 1. The first kappa shape index (κ1) is 22.8. The summed E-state index contributed by atoms with van der Waals surface area (Å²) in [7, 11) is 1.65. The highest BCUT2D eigenvalue weighted by Gasteiger charge is 2.18. The first-order chi connectivity index (χ1) is 15.1. The summed E-state index contributed by atoms with van der Waals surface area (Å²) in [5.41, 5.74) is 2.52. The number of nitrogens with one attached hydrogen (secondary N) is 1. The average molecular weight is 429 g/mol. The molecule has 1 unspecified atom stereocenters. The van der Waals surface area contributed by atoms with Gasteiger partial charge in [0.1, 0.15) is 5.75 Å². The molecule has 0 radical (unpaired) electrons. The zero-order valence-corrected chi connectivity index (χ0v) is 18.5. The van der Waals surface area contributed by atoms with E-state index in [2.05, 4.69) is 29.1 Å². The van der Waals surface area contributed by atoms with E-state index >= 15 is 0 Å². The fraction of sp³-hybridized carbons (Fsp3) is 0.500. The van der Waals surface area contributed by atoms with E-state index in [1.165, 1.54) is 0 Å². The van der Waals surface area contributed by atoms with Crippen molar-refractivity contribution in [2.24, 2.45) is 5.92 Å². The first-order valence-corrected chi connectivity index (χ1v) is 10.7. The van der Waals surface area contributed by atoms with Crippen LogP contribution in [-0.4, -0.2) is 63.1 Å². The Balaban J connectivity index is 1.96. The van der Waals surface area contributed by atoms with Crippen LogP contribution in [0.3, 0.4) is 0 Å². The van der Waals surface area contributed by atoms with Crippen LogP contribution in [0.25, 0.3) is 11.2 Å². The van der Waals surface area contributed by atoms with Crippen LogP contribution in [-0.2, 0) is 13.1 Å². The van der Waals surface area contributed by atoms with Gasteiger partial charge in [0.2, 0.25) is 5.95 Å². The van der Waals surface area contributed by atoms with Gasteiger partial charge in [0.25, 0.3) is 0 Å². The number of methoxy groups -OCH3 is 1. The lowest BCUT2D eigenvalue weighted by atomic mass is 10.1. The minimum atomic E-state index is -0.0534. The lowest BCUT2D eigenvalue weighted by Crippen LogP contribution is -2.31. The number of ether oxygens (including phenoxy) is 1. The maximum Gasteiger partial charge on any atom is 0.229 e. The molecule has 0 amide bonds. The minimum absolute atomic E-state index is 0.0534. The summed E-state index contributed by atoms with van der Waals surface area (Å²) in [5.74, 6) is 2.37. The molecule has 1 aromatic carbocycles. The van der Waals surface area contributed by atoms with Crippen LogP contribution in [0.1, 0.15) is 25.8 Å². The molecular weight excluding hydrogens is 396 g/mol. The summed E-state index contributed by atoms with van der Waals surface area (Å²) >= 11 is 0. The van der Waals surface area contributed by atoms with Crippen LogP contribution in [0.5, 0.6) is 5.75 Å². The van der Waals surface area contributed by atoms with Crippen molar-refractivity contribution in [3.63, 3.8) is 0 Å². The van der Waals surface area contributed by atoms with Gasteiger partial charge in [-0.05, 0) is 23.6 Å². The van der Waals surface area contributed by atoms with Gasteiger partial charge in [0.15, 0.2) is 17.0 Å². The van der Waals surface area contributed by atoms with Crippen LogP contribution >= 0.6 is 0 Å². The lowest BCUT2D eigenvalue weighted by Gasteiger charge is -2.21. The maximum atomic E-state index is 9.45. The number of hydrogen-bond donors (Lipinski definition) is 3. The molecule has 0 aliphatic heterocycles. The number of anilines is 2. The number of aliphatic hydroxyl groups excluding tert-OH is 2. The maximum absolute atomic E-state index is 9.45. The largest absolute Gasteiger partial charge is 0.497 e. The summed E-state index contributed by atoms with van der Waals surface area (Å²) in [6, 6.07) is 7.83. The van der Waals surface area contributed by atoms with Crippen molar-refractivity contribution in [1.29, 1.82) is 0 Å².